The number of nitrogens with one attached hydrogen (secondary N) is 1. The topological polar surface area (TPSA) is 94.0 Å². The molecule has 0 atom stereocenters. The average molecular weight is 256 g/mol. The van der Waals surface area contributed by atoms with Crippen molar-refractivity contribution < 1.29 is 9.32 Å². The lowest BCUT2D eigenvalue weighted by molar-refractivity contribution is 0.102. The van der Waals surface area contributed by atoms with Crippen molar-refractivity contribution in [1.82, 2.24) is 10.1 Å². The smallest absolute Gasteiger partial charge is 0.275 e. The van der Waals surface area contributed by atoms with Gasteiger partial charge in [-0.25, -0.2) is 4.98 Å². The Kier molecular flexibility index (Phi) is 3.90. The molecule has 0 unspecified atom stereocenters. The molecule has 96 valence electrons. The summed E-state index contributed by atoms with van der Waals surface area (Å²) in [6, 6.07) is 4.92. The molecule has 6 heteroatoms. The van der Waals surface area contributed by atoms with Crippen LogP contribution >= 0.6 is 0 Å². The van der Waals surface area contributed by atoms with Gasteiger partial charge in [0, 0.05) is 17.8 Å². The Labute approximate surface area is 110 Å². The van der Waals surface area contributed by atoms with Crippen LogP contribution in [0.25, 0.3) is 0 Å². The molecule has 0 aliphatic heterocycles. The van der Waals surface area contributed by atoms with Crippen LogP contribution in [-0.2, 0) is 0 Å². The number of rotatable bonds is 2. The molecule has 0 saturated heterocycles. The molecule has 0 aliphatic carbocycles. The van der Waals surface area contributed by atoms with Crippen molar-refractivity contribution in [1.29, 1.82) is 0 Å². The Balaban J connectivity index is 2.07. The van der Waals surface area contributed by atoms with Crippen LogP contribution in [0, 0.1) is 18.8 Å². The molecule has 0 aliphatic rings. The fraction of sp³-hybridized carbons (Fsp3) is 0.154. The molecule has 19 heavy (non-hydrogen) atoms. The van der Waals surface area contributed by atoms with Crippen molar-refractivity contribution in [2.45, 2.75) is 6.92 Å². The molecule has 0 spiro atoms. The van der Waals surface area contributed by atoms with E-state index in [1.165, 1.54) is 6.20 Å². The Morgan fingerprint density at radius 3 is 2.95 bits per heavy atom. The second kappa shape index (κ2) is 5.80. The lowest BCUT2D eigenvalue weighted by Crippen LogP contribution is -2.13. The SMILES string of the molecule is Cc1cc(NC(=O)c2ccc(C#CCN)cn2)no1. The number of aryl methyl sites for hydroxylation is 1. The molecule has 1 amide bonds. The van der Waals surface area contributed by atoms with Crippen molar-refractivity contribution >= 4 is 11.7 Å². The van der Waals surface area contributed by atoms with Crippen LogP contribution in [0.1, 0.15) is 21.8 Å². The predicted octanol–water partition coefficient (Wildman–Crippen LogP) is 0.941. The van der Waals surface area contributed by atoms with Gasteiger partial charge in [-0.05, 0) is 19.1 Å². The second-order valence-corrected chi connectivity index (χ2v) is 3.71. The molecule has 3 N–H and O–H groups in total. The van der Waals surface area contributed by atoms with E-state index in [9.17, 15) is 4.79 Å². The van der Waals surface area contributed by atoms with Crippen molar-refractivity contribution in [2.75, 3.05) is 11.9 Å². The Hall–Kier alpha value is -2.65. The van der Waals surface area contributed by atoms with Crippen LogP contribution in [-0.4, -0.2) is 22.6 Å². The zero-order valence-corrected chi connectivity index (χ0v) is 10.3. The summed E-state index contributed by atoms with van der Waals surface area (Å²) in [5.41, 5.74) is 6.25. The summed E-state index contributed by atoms with van der Waals surface area (Å²) in [6.07, 6.45) is 1.52. The van der Waals surface area contributed by atoms with Crippen LogP contribution < -0.4 is 11.1 Å². The summed E-state index contributed by atoms with van der Waals surface area (Å²) in [5.74, 6) is 6.16. The second-order valence-electron chi connectivity index (χ2n) is 3.71. The first-order chi connectivity index (χ1) is 9.19. The first-order valence-electron chi connectivity index (χ1n) is 5.58. The highest BCUT2D eigenvalue weighted by Gasteiger charge is 2.09. The van der Waals surface area contributed by atoms with E-state index in [4.69, 9.17) is 10.3 Å². The van der Waals surface area contributed by atoms with Gasteiger partial charge in [-0.2, -0.15) is 0 Å². The summed E-state index contributed by atoms with van der Waals surface area (Å²) >= 11 is 0. The Bertz CT molecular complexity index is 635. The van der Waals surface area contributed by atoms with E-state index in [1.54, 1.807) is 25.1 Å². The number of carbonyl (C=O) groups excluding carboxylic acids is 1. The van der Waals surface area contributed by atoms with Crippen molar-refractivity contribution in [3.8, 4) is 11.8 Å². The van der Waals surface area contributed by atoms with Gasteiger partial charge in [0.1, 0.15) is 11.5 Å². The van der Waals surface area contributed by atoms with Crippen molar-refractivity contribution in [3.63, 3.8) is 0 Å². The number of anilines is 1. The molecular formula is C13H12N4O2. The standard InChI is InChI=1S/C13H12N4O2/c1-9-7-12(17-19-9)16-13(18)11-5-4-10(8-15-11)3-2-6-14/h4-5,7-8H,6,14H2,1H3,(H,16,17,18). The molecule has 2 aromatic rings. The summed E-state index contributed by atoms with van der Waals surface area (Å²) in [7, 11) is 0. The highest BCUT2D eigenvalue weighted by molar-refractivity contribution is 6.02. The molecule has 0 aromatic carbocycles. The number of nitrogens with zero attached hydrogens (tertiary/aromatic N) is 2. The van der Waals surface area contributed by atoms with Gasteiger partial charge >= 0.3 is 0 Å². The van der Waals surface area contributed by atoms with Crippen LogP contribution in [0.2, 0.25) is 0 Å². The van der Waals surface area contributed by atoms with Gasteiger partial charge in [-0.15, -0.1) is 0 Å². The Morgan fingerprint density at radius 1 is 1.53 bits per heavy atom. The van der Waals surface area contributed by atoms with E-state index < -0.39 is 0 Å². The van der Waals surface area contributed by atoms with E-state index >= 15 is 0 Å². The number of hydrogen-bond acceptors (Lipinski definition) is 5. The lowest BCUT2D eigenvalue weighted by Gasteiger charge is -2.00. The minimum absolute atomic E-state index is 0.277. The van der Waals surface area contributed by atoms with Crippen LogP contribution in [0.3, 0.4) is 0 Å². The minimum atomic E-state index is -0.355. The average Bonchev–Trinajstić information content (AvgIpc) is 2.82. The normalized spacial score (nSPS) is 9.58. The third kappa shape index (κ3) is 3.40. The summed E-state index contributed by atoms with van der Waals surface area (Å²) < 4.78 is 4.85. The number of carbonyl (C=O) groups is 1. The highest BCUT2D eigenvalue weighted by Crippen LogP contribution is 2.08. The molecule has 6 nitrogen and oxygen atoms in total. The number of aromatic nitrogens is 2. The predicted molar refractivity (Wildman–Crippen MR) is 69.4 cm³/mol. The molecule has 0 radical (unpaired) electrons. The zero-order chi connectivity index (χ0) is 13.7. The quantitative estimate of drug-likeness (QED) is 0.780. The van der Waals surface area contributed by atoms with E-state index in [2.05, 4.69) is 27.3 Å². The summed E-state index contributed by atoms with van der Waals surface area (Å²) in [4.78, 5) is 15.9. The van der Waals surface area contributed by atoms with Crippen molar-refractivity contribution in [2.24, 2.45) is 5.73 Å². The number of hydrogen-bond donors (Lipinski definition) is 2. The van der Waals surface area contributed by atoms with Crippen molar-refractivity contribution in [3.05, 3.63) is 41.4 Å². The van der Waals surface area contributed by atoms with Gasteiger partial charge in [0.05, 0.1) is 6.54 Å². The molecule has 0 fully saturated rings. The van der Waals surface area contributed by atoms with Gasteiger partial charge < -0.3 is 15.6 Å². The summed E-state index contributed by atoms with van der Waals surface area (Å²) in [6.45, 7) is 2.03. The van der Waals surface area contributed by atoms with Gasteiger partial charge in [0.25, 0.3) is 5.91 Å². The Morgan fingerprint density at radius 2 is 2.37 bits per heavy atom. The van der Waals surface area contributed by atoms with E-state index in [1.807, 2.05) is 0 Å². The van der Waals surface area contributed by atoms with Crippen LogP contribution in [0.15, 0.2) is 28.9 Å². The monoisotopic (exact) mass is 256 g/mol. The first-order valence-corrected chi connectivity index (χ1v) is 5.58. The van der Waals surface area contributed by atoms with Gasteiger partial charge in [0.2, 0.25) is 0 Å². The van der Waals surface area contributed by atoms with Crippen LogP contribution in [0.5, 0.6) is 0 Å². The third-order valence-electron chi connectivity index (χ3n) is 2.20. The van der Waals surface area contributed by atoms with Crippen LogP contribution in [0.4, 0.5) is 5.82 Å². The molecule has 2 rings (SSSR count). The third-order valence-corrected chi connectivity index (χ3v) is 2.20. The lowest BCUT2D eigenvalue weighted by atomic mass is 10.2. The molecular weight excluding hydrogens is 244 g/mol. The van der Waals surface area contributed by atoms with Gasteiger partial charge in [0.15, 0.2) is 5.82 Å². The van der Waals surface area contributed by atoms with E-state index in [-0.39, 0.29) is 18.1 Å². The fourth-order valence-corrected chi connectivity index (χ4v) is 1.36. The maximum atomic E-state index is 11.8. The molecule has 0 saturated carbocycles. The van der Waals surface area contributed by atoms with Gasteiger partial charge in [-0.1, -0.05) is 17.0 Å². The molecule has 2 aromatic heterocycles. The minimum Gasteiger partial charge on any atom is -0.360 e. The highest BCUT2D eigenvalue weighted by atomic mass is 16.5. The number of pyridine rings is 1. The van der Waals surface area contributed by atoms with Gasteiger partial charge in [-0.3, -0.25) is 4.79 Å². The maximum absolute atomic E-state index is 11.8. The molecule has 2 heterocycles. The zero-order valence-electron chi connectivity index (χ0n) is 10.3. The number of nitrogens with two attached hydrogens (primary N) is 1. The molecule has 0 bridgehead atoms. The van der Waals surface area contributed by atoms with E-state index in [0.717, 1.165) is 0 Å². The number of amides is 1. The summed E-state index contributed by atoms with van der Waals surface area (Å²) in [5, 5.41) is 6.25. The fourth-order valence-electron chi connectivity index (χ4n) is 1.36. The maximum Gasteiger partial charge on any atom is 0.275 e. The largest absolute Gasteiger partial charge is 0.360 e. The first kappa shape index (κ1) is 12.8. The van der Waals surface area contributed by atoms with E-state index in [0.29, 0.717) is 17.1 Å².